The van der Waals surface area contributed by atoms with Crippen LogP contribution in [0.4, 0.5) is 11.4 Å². The van der Waals surface area contributed by atoms with Gasteiger partial charge in [-0.2, -0.15) is 0 Å². The van der Waals surface area contributed by atoms with Crippen molar-refractivity contribution in [2.45, 2.75) is 38.9 Å². The van der Waals surface area contributed by atoms with E-state index in [9.17, 15) is 4.79 Å². The first-order valence-corrected chi connectivity index (χ1v) is 10.4. The van der Waals surface area contributed by atoms with E-state index in [2.05, 4.69) is 57.4 Å². The van der Waals surface area contributed by atoms with Gasteiger partial charge in [-0.05, 0) is 74.1 Å². The lowest BCUT2D eigenvalue weighted by Crippen LogP contribution is -2.29. The molecule has 1 amide bonds. The maximum absolute atomic E-state index is 11.3. The average molecular weight is 420 g/mol. The second-order valence-electron chi connectivity index (χ2n) is 7.71. The zero-order chi connectivity index (χ0) is 21.3. The summed E-state index contributed by atoms with van der Waals surface area (Å²) in [7, 11) is 0. The molecule has 1 fully saturated rings. The monoisotopic (exact) mass is 419 g/mol. The zero-order valence-electron chi connectivity index (χ0n) is 17.2. The van der Waals surface area contributed by atoms with Crippen molar-refractivity contribution >= 4 is 34.6 Å². The second-order valence-corrected chi connectivity index (χ2v) is 8.10. The Labute approximate surface area is 181 Å². The smallest absolute Gasteiger partial charge is 0.221 e. The van der Waals surface area contributed by atoms with E-state index in [1.54, 1.807) is 6.20 Å². The summed E-state index contributed by atoms with van der Waals surface area (Å²) in [4.78, 5) is 18.1. The fourth-order valence-corrected chi connectivity index (χ4v) is 4.15. The molecule has 3 heterocycles. The molecule has 2 atom stereocenters. The van der Waals surface area contributed by atoms with E-state index in [1.807, 2.05) is 42.5 Å². The highest BCUT2D eigenvalue weighted by atomic mass is 32.1. The van der Waals surface area contributed by atoms with E-state index >= 15 is 0 Å². The Bertz CT molecular complexity index is 1040. The summed E-state index contributed by atoms with van der Waals surface area (Å²) in [6.45, 7) is 5.83. The lowest BCUT2D eigenvalue weighted by molar-refractivity contribution is -0.114. The van der Waals surface area contributed by atoms with E-state index in [4.69, 9.17) is 12.2 Å². The molecule has 3 aromatic rings. The highest BCUT2D eigenvalue weighted by molar-refractivity contribution is 7.80. The summed E-state index contributed by atoms with van der Waals surface area (Å²) in [5.41, 5.74) is 3.83. The molecule has 0 spiro atoms. The van der Waals surface area contributed by atoms with E-state index in [0.717, 1.165) is 22.6 Å². The first-order valence-electron chi connectivity index (χ1n) is 9.99. The van der Waals surface area contributed by atoms with Gasteiger partial charge in [-0.3, -0.25) is 9.78 Å². The quantitative estimate of drug-likeness (QED) is 0.592. The van der Waals surface area contributed by atoms with Gasteiger partial charge < -0.3 is 20.1 Å². The third-order valence-electron chi connectivity index (χ3n) is 5.24. The van der Waals surface area contributed by atoms with Crippen LogP contribution in [-0.2, 0) is 4.79 Å². The van der Waals surface area contributed by atoms with Gasteiger partial charge in [0.2, 0.25) is 5.91 Å². The van der Waals surface area contributed by atoms with Crippen LogP contribution in [0.5, 0.6) is 0 Å². The molecule has 0 bridgehead atoms. The molecule has 154 valence electrons. The predicted octanol–water partition coefficient (Wildman–Crippen LogP) is 4.60. The average Bonchev–Trinajstić information content (AvgIpc) is 3.34. The van der Waals surface area contributed by atoms with Crippen molar-refractivity contribution in [3.8, 4) is 0 Å². The number of carbonyl (C=O) groups is 1. The van der Waals surface area contributed by atoms with Crippen LogP contribution in [-0.4, -0.2) is 20.6 Å². The number of pyridine rings is 1. The number of amides is 1. The number of nitrogens with one attached hydrogen (secondary N) is 2. The minimum Gasteiger partial charge on any atom is -0.351 e. The van der Waals surface area contributed by atoms with Crippen LogP contribution < -0.4 is 15.5 Å². The molecule has 2 aromatic heterocycles. The molecular weight excluding hydrogens is 394 g/mol. The standard InChI is InChI=1S/C23H25N5OS/c1-15(2)27-13-11-17(14-27)22-21(20-6-4-5-12-24-20)26-23(30)28(22)19-9-7-18(8-10-19)25-16(3)29/h4-15,21-22H,1-3H3,(H,25,29)(H,26,30)/t21-,22-/m1/s1. The fourth-order valence-electron chi connectivity index (χ4n) is 3.81. The van der Waals surface area contributed by atoms with Gasteiger partial charge in [0.05, 0.1) is 17.8 Å². The van der Waals surface area contributed by atoms with E-state index < -0.39 is 0 Å². The van der Waals surface area contributed by atoms with Gasteiger partial charge in [0.1, 0.15) is 0 Å². The van der Waals surface area contributed by atoms with Gasteiger partial charge in [-0.25, -0.2) is 0 Å². The Morgan fingerprint density at radius 1 is 1.17 bits per heavy atom. The van der Waals surface area contributed by atoms with Gasteiger partial charge in [0, 0.05) is 42.9 Å². The van der Waals surface area contributed by atoms with Crippen molar-refractivity contribution in [3.05, 3.63) is 78.4 Å². The normalized spacial score (nSPS) is 18.5. The molecule has 4 rings (SSSR count). The van der Waals surface area contributed by atoms with Gasteiger partial charge in [-0.1, -0.05) is 6.07 Å². The third kappa shape index (κ3) is 3.93. The number of anilines is 2. The second kappa shape index (κ2) is 8.28. The molecule has 1 saturated heterocycles. The fraction of sp³-hybridized carbons (Fsp3) is 0.261. The number of thiocarbonyl (C=S) groups is 1. The highest BCUT2D eigenvalue weighted by Gasteiger charge is 2.41. The number of nitrogens with zero attached hydrogens (tertiary/aromatic N) is 3. The number of aromatic nitrogens is 2. The molecule has 0 radical (unpaired) electrons. The summed E-state index contributed by atoms with van der Waals surface area (Å²) in [5.74, 6) is -0.0933. The number of carbonyl (C=O) groups excluding carboxylic acids is 1. The molecule has 0 unspecified atom stereocenters. The maximum Gasteiger partial charge on any atom is 0.221 e. The predicted molar refractivity (Wildman–Crippen MR) is 123 cm³/mol. The van der Waals surface area contributed by atoms with Gasteiger partial charge in [0.15, 0.2) is 5.11 Å². The Kier molecular flexibility index (Phi) is 5.55. The van der Waals surface area contributed by atoms with Crippen molar-refractivity contribution < 1.29 is 4.79 Å². The summed E-state index contributed by atoms with van der Waals surface area (Å²) in [5, 5.41) is 6.93. The number of rotatable bonds is 5. The van der Waals surface area contributed by atoms with Crippen LogP contribution in [0.2, 0.25) is 0 Å². The zero-order valence-corrected chi connectivity index (χ0v) is 18.1. The Morgan fingerprint density at radius 2 is 1.93 bits per heavy atom. The van der Waals surface area contributed by atoms with Crippen molar-refractivity contribution in [3.63, 3.8) is 0 Å². The lowest BCUT2D eigenvalue weighted by atomic mass is 9.98. The van der Waals surface area contributed by atoms with Gasteiger partial charge in [-0.15, -0.1) is 0 Å². The summed E-state index contributed by atoms with van der Waals surface area (Å²) >= 11 is 5.75. The van der Waals surface area contributed by atoms with Crippen LogP contribution in [0.15, 0.2) is 67.1 Å². The lowest BCUT2D eigenvalue weighted by Gasteiger charge is -2.27. The molecule has 1 aromatic carbocycles. The Hall–Kier alpha value is -3.19. The van der Waals surface area contributed by atoms with E-state index in [0.29, 0.717) is 11.2 Å². The highest BCUT2D eigenvalue weighted by Crippen LogP contribution is 2.41. The van der Waals surface area contributed by atoms with Gasteiger partial charge in [0.25, 0.3) is 0 Å². The minimum atomic E-state index is -0.0933. The topological polar surface area (TPSA) is 62.2 Å². The van der Waals surface area contributed by atoms with Crippen LogP contribution in [0.3, 0.4) is 0 Å². The molecule has 0 aliphatic carbocycles. The Morgan fingerprint density at radius 3 is 2.53 bits per heavy atom. The molecular formula is C23H25N5OS. The van der Waals surface area contributed by atoms with E-state index in [-0.39, 0.29) is 18.0 Å². The first-order chi connectivity index (χ1) is 14.4. The molecule has 0 saturated carbocycles. The number of hydrogen-bond donors (Lipinski definition) is 2. The first kappa shape index (κ1) is 20.1. The SMILES string of the molecule is CC(=O)Nc1ccc(N2C(=S)N[C@H](c3ccccn3)[C@H]2c2ccn(C(C)C)c2)cc1. The van der Waals surface area contributed by atoms with Crippen LogP contribution in [0.25, 0.3) is 0 Å². The van der Waals surface area contributed by atoms with Crippen molar-refractivity contribution in [1.82, 2.24) is 14.9 Å². The molecule has 1 aliphatic heterocycles. The minimum absolute atomic E-state index is 0.0426. The number of hydrogen-bond acceptors (Lipinski definition) is 3. The maximum atomic E-state index is 11.3. The largest absolute Gasteiger partial charge is 0.351 e. The molecule has 1 aliphatic rings. The van der Waals surface area contributed by atoms with E-state index in [1.165, 1.54) is 6.92 Å². The summed E-state index contributed by atoms with van der Waals surface area (Å²) < 4.78 is 2.20. The molecule has 2 N–H and O–H groups in total. The van der Waals surface area contributed by atoms with Crippen molar-refractivity contribution in [1.29, 1.82) is 0 Å². The summed E-state index contributed by atoms with van der Waals surface area (Å²) in [6, 6.07) is 16.1. The molecule has 7 heteroatoms. The Balaban J connectivity index is 1.75. The third-order valence-corrected chi connectivity index (χ3v) is 5.55. The molecule has 30 heavy (non-hydrogen) atoms. The molecule has 6 nitrogen and oxygen atoms in total. The van der Waals surface area contributed by atoms with Crippen LogP contribution in [0.1, 0.15) is 50.2 Å². The van der Waals surface area contributed by atoms with Crippen molar-refractivity contribution in [2.75, 3.05) is 10.2 Å². The van der Waals surface area contributed by atoms with Crippen molar-refractivity contribution in [2.24, 2.45) is 0 Å². The number of benzene rings is 1. The summed E-state index contributed by atoms with van der Waals surface area (Å²) in [6.07, 6.45) is 6.09. The van der Waals surface area contributed by atoms with Gasteiger partial charge >= 0.3 is 0 Å². The van der Waals surface area contributed by atoms with Crippen LogP contribution >= 0.6 is 12.2 Å². The van der Waals surface area contributed by atoms with Crippen LogP contribution in [0, 0.1) is 0 Å².